The summed E-state index contributed by atoms with van der Waals surface area (Å²) < 4.78 is 13.1. The highest BCUT2D eigenvalue weighted by Gasteiger charge is 2.21. The van der Waals surface area contributed by atoms with Gasteiger partial charge in [0.1, 0.15) is 5.82 Å². The van der Waals surface area contributed by atoms with Crippen LogP contribution in [0.25, 0.3) is 0 Å². The Kier molecular flexibility index (Phi) is 7.82. The second kappa shape index (κ2) is 8.83. The molecule has 0 spiro atoms. The third kappa shape index (κ3) is 4.88. The van der Waals surface area contributed by atoms with Gasteiger partial charge in [-0.25, -0.2) is 4.39 Å². The van der Waals surface area contributed by atoms with Crippen LogP contribution < -0.4 is 5.32 Å². The Balaban J connectivity index is 0.00000200. The van der Waals surface area contributed by atoms with E-state index in [0.717, 1.165) is 38.2 Å². The fraction of sp³-hybridized carbons (Fsp3) is 0.600. The van der Waals surface area contributed by atoms with E-state index in [1.54, 1.807) is 6.07 Å². The molecule has 20 heavy (non-hydrogen) atoms. The molecule has 5 heteroatoms. The molecule has 1 N–H and O–H groups in total. The molecule has 1 aromatic carbocycles. The van der Waals surface area contributed by atoms with Crippen molar-refractivity contribution >= 4 is 24.0 Å². The van der Waals surface area contributed by atoms with Gasteiger partial charge < -0.3 is 5.32 Å². The highest BCUT2D eigenvalue weighted by Crippen LogP contribution is 2.22. The maximum atomic E-state index is 13.1. The average molecular weight is 321 g/mol. The molecule has 1 saturated heterocycles. The van der Waals surface area contributed by atoms with E-state index < -0.39 is 0 Å². The maximum absolute atomic E-state index is 13.1. The molecule has 1 fully saturated rings. The van der Waals surface area contributed by atoms with Crippen LogP contribution in [0.4, 0.5) is 4.39 Å². The van der Waals surface area contributed by atoms with E-state index in [4.69, 9.17) is 11.6 Å². The molecule has 1 heterocycles. The van der Waals surface area contributed by atoms with Crippen LogP contribution in [0.5, 0.6) is 0 Å². The van der Waals surface area contributed by atoms with Gasteiger partial charge in [-0.2, -0.15) is 0 Å². The van der Waals surface area contributed by atoms with Gasteiger partial charge >= 0.3 is 0 Å². The van der Waals surface area contributed by atoms with Gasteiger partial charge in [0.2, 0.25) is 0 Å². The van der Waals surface area contributed by atoms with Crippen molar-refractivity contribution in [3.8, 4) is 0 Å². The number of halogens is 3. The monoisotopic (exact) mass is 320 g/mol. The lowest BCUT2D eigenvalue weighted by Crippen LogP contribution is -2.43. The van der Waals surface area contributed by atoms with Crippen molar-refractivity contribution in [2.75, 3.05) is 19.6 Å². The van der Waals surface area contributed by atoms with E-state index in [9.17, 15) is 4.39 Å². The first-order valence-corrected chi connectivity index (χ1v) is 7.47. The van der Waals surface area contributed by atoms with Gasteiger partial charge in [-0.3, -0.25) is 4.90 Å². The topological polar surface area (TPSA) is 15.3 Å². The Labute approximate surface area is 132 Å². The first-order chi connectivity index (χ1) is 9.20. The van der Waals surface area contributed by atoms with Gasteiger partial charge in [-0.1, -0.05) is 24.6 Å². The van der Waals surface area contributed by atoms with Crippen molar-refractivity contribution in [2.24, 2.45) is 0 Å². The van der Waals surface area contributed by atoms with Crippen LogP contribution in [-0.2, 0) is 6.54 Å². The lowest BCUT2D eigenvalue weighted by Gasteiger charge is -2.34. The smallest absolute Gasteiger partial charge is 0.124 e. The minimum absolute atomic E-state index is 0. The predicted molar refractivity (Wildman–Crippen MR) is 85.3 cm³/mol. The molecule has 1 aliphatic rings. The Morgan fingerprint density at radius 3 is 2.65 bits per heavy atom. The van der Waals surface area contributed by atoms with Gasteiger partial charge in [0, 0.05) is 17.6 Å². The maximum Gasteiger partial charge on any atom is 0.124 e. The molecule has 0 atom stereocenters. The number of hydrogen-bond acceptors (Lipinski definition) is 2. The molecule has 0 bridgehead atoms. The van der Waals surface area contributed by atoms with Gasteiger partial charge in [-0.05, 0) is 56.6 Å². The lowest BCUT2D eigenvalue weighted by atomic mass is 10.0. The number of benzene rings is 1. The van der Waals surface area contributed by atoms with Crippen LogP contribution in [0, 0.1) is 5.82 Å². The summed E-state index contributed by atoms with van der Waals surface area (Å²) in [6, 6.07) is 5.32. The summed E-state index contributed by atoms with van der Waals surface area (Å²) in [5.41, 5.74) is 1.02. The van der Waals surface area contributed by atoms with Gasteiger partial charge in [0.15, 0.2) is 0 Å². The molecule has 114 valence electrons. The number of rotatable bonds is 5. The molecule has 1 aromatic rings. The lowest BCUT2D eigenvalue weighted by molar-refractivity contribution is 0.154. The molecular formula is C15H23Cl2FN2. The van der Waals surface area contributed by atoms with Crippen LogP contribution in [-0.4, -0.2) is 30.6 Å². The normalized spacial score (nSPS) is 16.2. The van der Waals surface area contributed by atoms with E-state index in [-0.39, 0.29) is 18.2 Å². The summed E-state index contributed by atoms with van der Waals surface area (Å²) in [6.45, 7) is 6.25. The SMILES string of the molecule is CCCN(Cc1ccc(F)cc1Cl)C1CCNCC1.Cl. The van der Waals surface area contributed by atoms with Crippen molar-refractivity contribution in [1.82, 2.24) is 10.2 Å². The first kappa shape index (κ1) is 17.7. The fourth-order valence-electron chi connectivity index (χ4n) is 2.72. The molecule has 0 unspecified atom stereocenters. The zero-order valence-electron chi connectivity index (χ0n) is 11.9. The summed E-state index contributed by atoms with van der Waals surface area (Å²) >= 11 is 6.13. The average Bonchev–Trinajstić information content (AvgIpc) is 2.42. The zero-order chi connectivity index (χ0) is 13.7. The van der Waals surface area contributed by atoms with Crippen molar-refractivity contribution in [1.29, 1.82) is 0 Å². The predicted octanol–water partition coefficient (Wildman–Crippen LogP) is 3.86. The molecule has 0 aliphatic carbocycles. The second-order valence-electron chi connectivity index (χ2n) is 5.19. The number of nitrogens with zero attached hydrogens (tertiary/aromatic N) is 1. The largest absolute Gasteiger partial charge is 0.317 e. The molecule has 2 nitrogen and oxygen atoms in total. The highest BCUT2D eigenvalue weighted by atomic mass is 35.5. The Morgan fingerprint density at radius 1 is 1.35 bits per heavy atom. The van der Waals surface area contributed by atoms with Gasteiger partial charge in [0.25, 0.3) is 0 Å². The summed E-state index contributed by atoms with van der Waals surface area (Å²) in [7, 11) is 0. The van der Waals surface area contributed by atoms with E-state index in [1.165, 1.54) is 25.0 Å². The Bertz CT molecular complexity index is 409. The summed E-state index contributed by atoms with van der Waals surface area (Å²) in [4.78, 5) is 2.49. The van der Waals surface area contributed by atoms with Crippen molar-refractivity contribution < 1.29 is 4.39 Å². The Hall–Kier alpha value is -0.350. The minimum Gasteiger partial charge on any atom is -0.317 e. The van der Waals surface area contributed by atoms with Gasteiger partial charge in [0.05, 0.1) is 0 Å². The van der Waals surface area contributed by atoms with E-state index in [0.29, 0.717) is 11.1 Å². The standard InChI is InChI=1S/C15H22ClFN2.ClH/c1-2-9-19(14-5-7-18-8-6-14)11-12-3-4-13(17)10-15(12)16;/h3-4,10,14,18H,2,5-9,11H2,1H3;1H. The quantitative estimate of drug-likeness (QED) is 0.886. The third-order valence-electron chi connectivity index (χ3n) is 3.72. The van der Waals surface area contributed by atoms with Crippen LogP contribution in [0.1, 0.15) is 31.7 Å². The second-order valence-corrected chi connectivity index (χ2v) is 5.59. The van der Waals surface area contributed by atoms with Crippen molar-refractivity contribution in [2.45, 2.75) is 38.8 Å². The fourth-order valence-corrected chi connectivity index (χ4v) is 2.95. The van der Waals surface area contributed by atoms with Gasteiger partial charge in [-0.15, -0.1) is 12.4 Å². The number of nitrogens with one attached hydrogen (secondary N) is 1. The van der Waals surface area contributed by atoms with Crippen molar-refractivity contribution in [3.05, 3.63) is 34.6 Å². The first-order valence-electron chi connectivity index (χ1n) is 7.09. The third-order valence-corrected chi connectivity index (χ3v) is 4.08. The molecule has 0 aromatic heterocycles. The molecular weight excluding hydrogens is 298 g/mol. The van der Waals surface area contributed by atoms with E-state index >= 15 is 0 Å². The Morgan fingerprint density at radius 2 is 2.05 bits per heavy atom. The van der Waals surface area contributed by atoms with Crippen LogP contribution in [0.3, 0.4) is 0 Å². The number of piperidine rings is 1. The summed E-state index contributed by atoms with van der Waals surface area (Å²) in [5.74, 6) is -0.266. The summed E-state index contributed by atoms with van der Waals surface area (Å²) in [6.07, 6.45) is 3.49. The van der Waals surface area contributed by atoms with E-state index in [2.05, 4.69) is 17.1 Å². The van der Waals surface area contributed by atoms with Crippen LogP contribution in [0.15, 0.2) is 18.2 Å². The zero-order valence-corrected chi connectivity index (χ0v) is 13.4. The van der Waals surface area contributed by atoms with Crippen molar-refractivity contribution in [3.63, 3.8) is 0 Å². The van der Waals surface area contributed by atoms with Crippen LogP contribution in [0.2, 0.25) is 5.02 Å². The highest BCUT2D eigenvalue weighted by molar-refractivity contribution is 6.31. The van der Waals surface area contributed by atoms with E-state index in [1.807, 2.05) is 0 Å². The molecule has 1 aliphatic heterocycles. The number of hydrogen-bond donors (Lipinski definition) is 1. The molecule has 0 amide bonds. The summed E-state index contributed by atoms with van der Waals surface area (Å²) in [5, 5.41) is 3.93. The van der Waals surface area contributed by atoms with Crippen LogP contribution >= 0.6 is 24.0 Å². The minimum atomic E-state index is -0.266. The molecule has 2 rings (SSSR count). The molecule has 0 radical (unpaired) electrons. The molecule has 0 saturated carbocycles.